The molecule has 144 valence electrons. The quantitative estimate of drug-likeness (QED) is 0.753. The van der Waals surface area contributed by atoms with Crippen LogP contribution in [0.2, 0.25) is 0 Å². The number of urea groups is 1. The minimum atomic E-state index is -0.154. The molecule has 1 saturated heterocycles. The molecule has 0 saturated carbocycles. The number of pyridine rings is 1. The number of hydrogen-bond donors (Lipinski definition) is 1. The molecule has 28 heavy (non-hydrogen) atoms. The van der Waals surface area contributed by atoms with Crippen molar-refractivity contribution in [2.45, 2.75) is 13.8 Å². The number of nitrogens with zero attached hydrogens (tertiary/aromatic N) is 4. The van der Waals surface area contributed by atoms with E-state index in [0.717, 1.165) is 41.3 Å². The number of carbonyl (C=O) groups is 1. The summed E-state index contributed by atoms with van der Waals surface area (Å²) >= 11 is 0. The van der Waals surface area contributed by atoms with Gasteiger partial charge in [0, 0.05) is 49.2 Å². The fourth-order valence-corrected chi connectivity index (χ4v) is 3.26. The van der Waals surface area contributed by atoms with E-state index in [2.05, 4.69) is 38.6 Å². The summed E-state index contributed by atoms with van der Waals surface area (Å²) in [6, 6.07) is 14.1. The van der Waals surface area contributed by atoms with E-state index in [1.165, 1.54) is 0 Å². The summed E-state index contributed by atoms with van der Waals surface area (Å²) in [5.41, 5.74) is 4.81. The molecular formula is C21H23N5O2. The number of carbonyl (C=O) groups excluding carboxylic acids is 1. The van der Waals surface area contributed by atoms with Gasteiger partial charge < -0.3 is 14.3 Å². The van der Waals surface area contributed by atoms with Crippen LogP contribution in [0.1, 0.15) is 11.3 Å². The Morgan fingerprint density at radius 1 is 1.07 bits per heavy atom. The van der Waals surface area contributed by atoms with Crippen LogP contribution in [0.4, 0.5) is 16.4 Å². The van der Waals surface area contributed by atoms with Crippen LogP contribution in [0.25, 0.3) is 11.3 Å². The molecule has 1 aliphatic heterocycles. The smallest absolute Gasteiger partial charge is 0.324 e. The monoisotopic (exact) mass is 377 g/mol. The second kappa shape index (κ2) is 7.72. The molecule has 7 heteroatoms. The first-order chi connectivity index (χ1) is 13.6. The third-order valence-corrected chi connectivity index (χ3v) is 5.12. The molecule has 1 aliphatic rings. The maximum atomic E-state index is 12.5. The molecule has 1 N–H and O–H groups in total. The highest BCUT2D eigenvalue weighted by Gasteiger charge is 2.23. The minimum absolute atomic E-state index is 0.154. The third kappa shape index (κ3) is 3.69. The molecule has 0 aliphatic carbocycles. The molecule has 3 heterocycles. The highest BCUT2D eigenvalue weighted by atomic mass is 16.5. The second-order valence-electron chi connectivity index (χ2n) is 6.89. The topological polar surface area (TPSA) is 74.5 Å². The molecule has 4 rings (SSSR count). The fourth-order valence-electron chi connectivity index (χ4n) is 3.26. The predicted octanol–water partition coefficient (Wildman–Crippen LogP) is 3.71. The third-order valence-electron chi connectivity index (χ3n) is 5.12. The van der Waals surface area contributed by atoms with Gasteiger partial charge >= 0.3 is 6.03 Å². The SMILES string of the molecule is Cc1noc(NC(=O)N2CCN(c3ccnc(-c4ccccc4)c3)CC2)c1C. The Morgan fingerprint density at radius 2 is 1.82 bits per heavy atom. The molecule has 2 aromatic heterocycles. The van der Waals surface area contributed by atoms with Crippen molar-refractivity contribution in [1.29, 1.82) is 0 Å². The Kier molecular flexibility index (Phi) is 4.97. The van der Waals surface area contributed by atoms with Crippen molar-refractivity contribution in [2.75, 3.05) is 36.4 Å². The average molecular weight is 377 g/mol. The number of piperazine rings is 1. The molecule has 0 radical (unpaired) electrons. The zero-order valence-corrected chi connectivity index (χ0v) is 16.1. The van der Waals surface area contributed by atoms with Crippen LogP contribution >= 0.6 is 0 Å². The van der Waals surface area contributed by atoms with Crippen LogP contribution in [-0.4, -0.2) is 47.3 Å². The van der Waals surface area contributed by atoms with E-state index in [4.69, 9.17) is 4.52 Å². The van der Waals surface area contributed by atoms with Crippen molar-refractivity contribution in [3.8, 4) is 11.3 Å². The zero-order chi connectivity index (χ0) is 19.5. The molecule has 7 nitrogen and oxygen atoms in total. The fraction of sp³-hybridized carbons (Fsp3) is 0.286. The summed E-state index contributed by atoms with van der Waals surface area (Å²) in [4.78, 5) is 21.1. The first-order valence-electron chi connectivity index (χ1n) is 9.37. The number of amides is 2. The van der Waals surface area contributed by atoms with Crippen molar-refractivity contribution in [3.63, 3.8) is 0 Å². The van der Waals surface area contributed by atoms with Gasteiger partial charge in [0.15, 0.2) is 0 Å². The number of aryl methyl sites for hydroxylation is 1. The van der Waals surface area contributed by atoms with Gasteiger partial charge in [-0.25, -0.2) is 4.79 Å². The molecule has 0 bridgehead atoms. The van der Waals surface area contributed by atoms with Gasteiger partial charge in [-0.05, 0) is 26.0 Å². The summed E-state index contributed by atoms with van der Waals surface area (Å²) in [5, 5.41) is 6.69. The molecular weight excluding hydrogens is 354 g/mol. The molecule has 1 fully saturated rings. The summed E-state index contributed by atoms with van der Waals surface area (Å²) in [5.74, 6) is 0.423. The summed E-state index contributed by atoms with van der Waals surface area (Å²) in [6.45, 7) is 6.54. The van der Waals surface area contributed by atoms with Crippen molar-refractivity contribution in [3.05, 3.63) is 59.9 Å². The Bertz CT molecular complexity index is 962. The van der Waals surface area contributed by atoms with E-state index in [1.807, 2.05) is 44.3 Å². The van der Waals surface area contributed by atoms with Gasteiger partial charge in [-0.15, -0.1) is 0 Å². The first kappa shape index (κ1) is 18.0. The lowest BCUT2D eigenvalue weighted by atomic mass is 10.1. The van der Waals surface area contributed by atoms with Gasteiger partial charge in [0.25, 0.3) is 0 Å². The first-order valence-corrected chi connectivity index (χ1v) is 9.37. The maximum absolute atomic E-state index is 12.5. The van der Waals surface area contributed by atoms with Crippen LogP contribution in [-0.2, 0) is 0 Å². The summed E-state index contributed by atoms with van der Waals surface area (Å²) in [7, 11) is 0. The van der Waals surface area contributed by atoms with Crippen LogP contribution in [0, 0.1) is 13.8 Å². The Hall–Kier alpha value is -3.35. The molecule has 2 amide bonds. The molecule has 1 aromatic carbocycles. The van der Waals surface area contributed by atoms with Crippen molar-refractivity contribution < 1.29 is 9.32 Å². The van der Waals surface area contributed by atoms with E-state index in [-0.39, 0.29) is 6.03 Å². The second-order valence-corrected chi connectivity index (χ2v) is 6.89. The average Bonchev–Trinajstić information content (AvgIpc) is 3.06. The normalized spacial score (nSPS) is 14.2. The van der Waals surface area contributed by atoms with E-state index in [9.17, 15) is 4.79 Å². The van der Waals surface area contributed by atoms with E-state index in [1.54, 1.807) is 4.90 Å². The predicted molar refractivity (Wildman–Crippen MR) is 108 cm³/mol. The molecule has 0 spiro atoms. The zero-order valence-electron chi connectivity index (χ0n) is 16.1. The van der Waals surface area contributed by atoms with E-state index >= 15 is 0 Å². The van der Waals surface area contributed by atoms with E-state index < -0.39 is 0 Å². The van der Waals surface area contributed by atoms with Gasteiger partial charge in [0.05, 0.1) is 11.4 Å². The van der Waals surface area contributed by atoms with Crippen LogP contribution in [0.3, 0.4) is 0 Å². The number of aromatic nitrogens is 2. The largest absolute Gasteiger partial charge is 0.368 e. The maximum Gasteiger partial charge on any atom is 0.324 e. The van der Waals surface area contributed by atoms with Gasteiger partial charge in [-0.2, -0.15) is 0 Å². The Labute approximate surface area is 164 Å². The molecule has 0 unspecified atom stereocenters. The lowest BCUT2D eigenvalue weighted by molar-refractivity contribution is 0.207. The Morgan fingerprint density at radius 3 is 2.50 bits per heavy atom. The van der Waals surface area contributed by atoms with Crippen LogP contribution in [0.5, 0.6) is 0 Å². The Balaban J connectivity index is 1.39. The molecule has 3 aromatic rings. The minimum Gasteiger partial charge on any atom is -0.368 e. The van der Waals surface area contributed by atoms with Crippen molar-refractivity contribution in [1.82, 2.24) is 15.0 Å². The number of benzene rings is 1. The lowest BCUT2D eigenvalue weighted by Crippen LogP contribution is -2.50. The number of rotatable bonds is 3. The number of nitrogens with one attached hydrogen (secondary N) is 1. The van der Waals surface area contributed by atoms with Crippen LogP contribution in [0.15, 0.2) is 53.2 Å². The lowest BCUT2D eigenvalue weighted by Gasteiger charge is -2.36. The van der Waals surface area contributed by atoms with Crippen molar-refractivity contribution in [2.24, 2.45) is 0 Å². The number of hydrogen-bond acceptors (Lipinski definition) is 5. The van der Waals surface area contributed by atoms with Gasteiger partial charge in [-0.3, -0.25) is 10.3 Å². The van der Waals surface area contributed by atoms with Gasteiger partial charge in [0.2, 0.25) is 5.88 Å². The van der Waals surface area contributed by atoms with Crippen LogP contribution < -0.4 is 10.2 Å². The van der Waals surface area contributed by atoms with Gasteiger partial charge in [0.1, 0.15) is 0 Å². The van der Waals surface area contributed by atoms with E-state index in [0.29, 0.717) is 19.0 Å². The molecule has 0 atom stereocenters. The number of anilines is 2. The summed E-state index contributed by atoms with van der Waals surface area (Å²) < 4.78 is 5.18. The summed E-state index contributed by atoms with van der Waals surface area (Å²) in [6.07, 6.45) is 1.84. The van der Waals surface area contributed by atoms with Gasteiger partial charge in [-0.1, -0.05) is 35.5 Å². The standard InChI is InChI=1S/C21H23N5O2/c1-15-16(2)24-28-20(15)23-21(27)26-12-10-25(11-13-26)18-8-9-22-19(14-18)17-6-4-3-5-7-17/h3-9,14H,10-13H2,1-2H3,(H,23,27). The highest BCUT2D eigenvalue weighted by Crippen LogP contribution is 2.24. The van der Waals surface area contributed by atoms with Crippen molar-refractivity contribution >= 4 is 17.6 Å². The highest BCUT2D eigenvalue weighted by molar-refractivity contribution is 5.88.